The number of hydrogen-bond acceptors (Lipinski definition) is 6. The van der Waals surface area contributed by atoms with Gasteiger partial charge in [0.15, 0.2) is 23.0 Å². The van der Waals surface area contributed by atoms with Crippen LogP contribution in [-0.2, 0) is 6.61 Å². The number of ether oxygens (including phenoxy) is 5. The fraction of sp³-hybridized carbons (Fsp3) is 0.160. The van der Waals surface area contributed by atoms with Gasteiger partial charge < -0.3 is 23.7 Å². The van der Waals surface area contributed by atoms with E-state index in [4.69, 9.17) is 28.7 Å². The molecule has 0 fully saturated rings. The Labute approximate surface area is 179 Å². The van der Waals surface area contributed by atoms with Gasteiger partial charge in [0.2, 0.25) is 12.5 Å². The molecule has 6 nitrogen and oxygen atoms in total. The molecule has 0 atom stereocenters. The molecule has 0 saturated heterocycles. The van der Waals surface area contributed by atoms with Gasteiger partial charge in [-0.3, -0.25) is 0 Å². The van der Waals surface area contributed by atoms with Crippen molar-refractivity contribution in [1.29, 1.82) is 0 Å². The van der Waals surface area contributed by atoms with Gasteiger partial charge in [-0.25, -0.2) is 4.98 Å². The minimum Gasteiger partial charge on any atom is -0.493 e. The normalized spacial score (nSPS) is 12.1. The number of nitrogens with zero attached hydrogens (tertiary/aromatic N) is 1. The molecule has 1 aliphatic heterocycles. The highest BCUT2D eigenvalue weighted by Gasteiger charge is 2.18. The van der Waals surface area contributed by atoms with Gasteiger partial charge in [-0.05, 0) is 29.8 Å². The summed E-state index contributed by atoms with van der Waals surface area (Å²) in [6.45, 7) is 0.648. The van der Waals surface area contributed by atoms with Crippen LogP contribution < -0.4 is 23.7 Å². The van der Waals surface area contributed by atoms with Crippen molar-refractivity contribution >= 4 is 10.9 Å². The Kier molecular flexibility index (Phi) is 4.96. The maximum atomic E-state index is 6.10. The third-order valence-corrected chi connectivity index (χ3v) is 5.16. The zero-order valence-electron chi connectivity index (χ0n) is 17.3. The zero-order valence-corrected chi connectivity index (χ0v) is 17.3. The molecule has 3 aromatic carbocycles. The summed E-state index contributed by atoms with van der Waals surface area (Å²) in [6, 6.07) is 21.6. The smallest absolute Gasteiger partial charge is 0.231 e. The van der Waals surface area contributed by atoms with Gasteiger partial charge in [-0.15, -0.1) is 0 Å². The Hall–Kier alpha value is -3.93. The van der Waals surface area contributed by atoms with Crippen molar-refractivity contribution in [3.63, 3.8) is 0 Å². The highest BCUT2D eigenvalue weighted by atomic mass is 16.7. The van der Waals surface area contributed by atoms with Crippen LogP contribution in [0.4, 0.5) is 0 Å². The van der Waals surface area contributed by atoms with Gasteiger partial charge in [0.25, 0.3) is 0 Å². The first kappa shape index (κ1) is 19.1. The summed E-state index contributed by atoms with van der Waals surface area (Å²) in [5.41, 5.74) is 3.54. The van der Waals surface area contributed by atoms with Crippen LogP contribution in [0.1, 0.15) is 5.56 Å². The molecule has 0 radical (unpaired) electrons. The van der Waals surface area contributed by atoms with E-state index in [-0.39, 0.29) is 6.79 Å². The van der Waals surface area contributed by atoms with E-state index in [9.17, 15) is 0 Å². The standard InChI is InChI=1S/C25H21NO5/c1-27-23-11-18(12-24(25(23)28-2)29-14-16-6-4-3-5-7-16)19-9-8-17-10-21-22(31-15-30-21)13-20(17)26-19/h3-13H,14-15H2,1-2H3. The van der Waals surface area contributed by atoms with Gasteiger partial charge in [-0.2, -0.15) is 0 Å². The van der Waals surface area contributed by atoms with E-state index in [2.05, 4.69) is 0 Å². The third-order valence-electron chi connectivity index (χ3n) is 5.16. The fourth-order valence-corrected chi connectivity index (χ4v) is 3.59. The average Bonchev–Trinajstić information content (AvgIpc) is 3.28. The minimum absolute atomic E-state index is 0.232. The van der Waals surface area contributed by atoms with Crippen LogP contribution in [0.15, 0.2) is 66.7 Å². The molecule has 31 heavy (non-hydrogen) atoms. The molecule has 0 bridgehead atoms. The topological polar surface area (TPSA) is 59.0 Å². The Morgan fingerprint density at radius 2 is 1.61 bits per heavy atom. The summed E-state index contributed by atoms with van der Waals surface area (Å²) in [7, 11) is 3.21. The second kappa shape index (κ2) is 8.07. The van der Waals surface area contributed by atoms with Crippen molar-refractivity contribution in [3.8, 4) is 40.0 Å². The number of fused-ring (bicyclic) bond motifs is 2. The Balaban J connectivity index is 1.54. The number of benzene rings is 3. The number of pyridine rings is 1. The highest BCUT2D eigenvalue weighted by Crippen LogP contribution is 2.42. The zero-order chi connectivity index (χ0) is 21.2. The number of methoxy groups -OCH3 is 2. The molecular weight excluding hydrogens is 394 g/mol. The summed E-state index contributed by atoms with van der Waals surface area (Å²) in [5, 5.41) is 0.981. The largest absolute Gasteiger partial charge is 0.493 e. The lowest BCUT2D eigenvalue weighted by Gasteiger charge is -2.16. The van der Waals surface area contributed by atoms with Crippen LogP contribution in [0.2, 0.25) is 0 Å². The van der Waals surface area contributed by atoms with E-state index in [0.29, 0.717) is 29.6 Å². The third kappa shape index (κ3) is 3.68. The molecule has 0 saturated carbocycles. The van der Waals surface area contributed by atoms with Crippen molar-refractivity contribution in [2.75, 3.05) is 21.0 Å². The van der Waals surface area contributed by atoms with Gasteiger partial charge in [0, 0.05) is 17.0 Å². The summed E-state index contributed by atoms with van der Waals surface area (Å²) < 4.78 is 28.2. The Morgan fingerprint density at radius 1 is 0.839 bits per heavy atom. The van der Waals surface area contributed by atoms with E-state index in [0.717, 1.165) is 33.5 Å². The van der Waals surface area contributed by atoms with E-state index >= 15 is 0 Å². The number of aromatic nitrogens is 1. The van der Waals surface area contributed by atoms with Crippen LogP contribution in [0.5, 0.6) is 28.7 Å². The molecule has 5 rings (SSSR count). The number of hydrogen-bond donors (Lipinski definition) is 0. The van der Waals surface area contributed by atoms with Crippen molar-refractivity contribution < 1.29 is 23.7 Å². The molecule has 2 heterocycles. The molecule has 1 aromatic heterocycles. The summed E-state index contributed by atoms with van der Waals surface area (Å²) >= 11 is 0. The maximum Gasteiger partial charge on any atom is 0.231 e. The quantitative estimate of drug-likeness (QED) is 0.430. The van der Waals surface area contributed by atoms with Crippen molar-refractivity contribution in [1.82, 2.24) is 4.98 Å². The molecule has 6 heteroatoms. The Morgan fingerprint density at radius 3 is 2.39 bits per heavy atom. The van der Waals surface area contributed by atoms with E-state index < -0.39 is 0 Å². The summed E-state index contributed by atoms with van der Waals surface area (Å²) in [5.74, 6) is 3.16. The molecule has 4 aromatic rings. The average molecular weight is 415 g/mol. The van der Waals surface area contributed by atoms with Crippen LogP contribution in [0, 0.1) is 0 Å². The lowest BCUT2D eigenvalue weighted by atomic mass is 10.1. The summed E-state index contributed by atoms with van der Waals surface area (Å²) in [4.78, 5) is 4.83. The van der Waals surface area contributed by atoms with Gasteiger partial charge in [0.1, 0.15) is 6.61 Å². The van der Waals surface area contributed by atoms with E-state index in [1.165, 1.54) is 0 Å². The van der Waals surface area contributed by atoms with Gasteiger partial charge >= 0.3 is 0 Å². The summed E-state index contributed by atoms with van der Waals surface area (Å²) in [6.07, 6.45) is 0. The predicted molar refractivity (Wildman–Crippen MR) is 117 cm³/mol. The molecule has 156 valence electrons. The minimum atomic E-state index is 0.232. The van der Waals surface area contributed by atoms with Gasteiger partial charge in [0.05, 0.1) is 25.4 Å². The predicted octanol–water partition coefficient (Wildman–Crippen LogP) is 5.23. The molecular formula is C25H21NO5. The maximum absolute atomic E-state index is 6.10. The van der Waals surface area contributed by atoms with Gasteiger partial charge in [-0.1, -0.05) is 36.4 Å². The van der Waals surface area contributed by atoms with E-state index in [1.807, 2.05) is 66.7 Å². The molecule has 0 amide bonds. The lowest BCUT2D eigenvalue weighted by molar-refractivity contribution is 0.174. The molecule has 0 spiro atoms. The second-order valence-corrected chi connectivity index (χ2v) is 7.08. The SMILES string of the molecule is COc1cc(-c2ccc3cc4c(cc3n2)OCO4)cc(OCc2ccccc2)c1OC. The Bertz CT molecular complexity index is 1240. The highest BCUT2D eigenvalue weighted by molar-refractivity contribution is 5.85. The van der Waals surface area contributed by atoms with Crippen molar-refractivity contribution in [3.05, 3.63) is 72.3 Å². The van der Waals surface area contributed by atoms with Crippen LogP contribution in [0.3, 0.4) is 0 Å². The fourth-order valence-electron chi connectivity index (χ4n) is 3.59. The van der Waals surface area contributed by atoms with Crippen LogP contribution in [0.25, 0.3) is 22.2 Å². The molecule has 1 aliphatic rings. The van der Waals surface area contributed by atoms with E-state index in [1.54, 1.807) is 14.2 Å². The number of rotatable bonds is 6. The molecule has 0 unspecified atom stereocenters. The van der Waals surface area contributed by atoms with Crippen LogP contribution in [-0.4, -0.2) is 26.0 Å². The van der Waals surface area contributed by atoms with Crippen molar-refractivity contribution in [2.45, 2.75) is 6.61 Å². The molecule has 0 aliphatic carbocycles. The monoisotopic (exact) mass is 415 g/mol. The van der Waals surface area contributed by atoms with Crippen LogP contribution >= 0.6 is 0 Å². The lowest BCUT2D eigenvalue weighted by Crippen LogP contribution is -2.00. The first-order chi connectivity index (χ1) is 15.2. The van der Waals surface area contributed by atoms with Crippen molar-refractivity contribution in [2.24, 2.45) is 0 Å². The second-order valence-electron chi connectivity index (χ2n) is 7.08. The molecule has 0 N–H and O–H groups in total. The first-order valence-electron chi connectivity index (χ1n) is 9.88. The first-order valence-corrected chi connectivity index (χ1v) is 9.88.